The Kier molecular flexibility index (Phi) is 6.24. The maximum absolute atomic E-state index is 12.9. The van der Waals surface area contributed by atoms with Crippen molar-refractivity contribution in [3.8, 4) is 0 Å². The van der Waals surface area contributed by atoms with Crippen molar-refractivity contribution in [2.24, 2.45) is 0 Å². The average molecular weight is 473 g/mol. The second-order valence-corrected chi connectivity index (χ2v) is 9.68. The van der Waals surface area contributed by atoms with Gasteiger partial charge in [0.05, 0.1) is 12.2 Å². The van der Waals surface area contributed by atoms with E-state index in [9.17, 15) is 13.2 Å². The van der Waals surface area contributed by atoms with Crippen LogP contribution >= 0.6 is 0 Å². The van der Waals surface area contributed by atoms with Gasteiger partial charge in [0.15, 0.2) is 0 Å². The van der Waals surface area contributed by atoms with E-state index in [0.717, 1.165) is 43.7 Å². The molecule has 182 valence electrons. The summed E-state index contributed by atoms with van der Waals surface area (Å²) >= 11 is 0. The van der Waals surface area contributed by atoms with Crippen LogP contribution in [-0.4, -0.2) is 63.1 Å². The molecule has 6 nitrogen and oxygen atoms in total. The lowest BCUT2D eigenvalue weighted by atomic mass is 10.0. The maximum Gasteiger partial charge on any atom is 0.401 e. The second kappa shape index (κ2) is 9.19. The molecule has 4 heterocycles. The van der Waals surface area contributed by atoms with Gasteiger partial charge in [-0.3, -0.25) is 9.80 Å². The Morgan fingerprint density at radius 3 is 2.65 bits per heavy atom. The first kappa shape index (κ1) is 23.1. The van der Waals surface area contributed by atoms with E-state index in [1.807, 2.05) is 0 Å². The van der Waals surface area contributed by atoms with E-state index in [0.29, 0.717) is 18.8 Å². The Morgan fingerprint density at radius 1 is 1.09 bits per heavy atom. The minimum Gasteiger partial charge on any atom is -0.367 e. The van der Waals surface area contributed by atoms with Crippen LogP contribution in [0.2, 0.25) is 0 Å². The molecule has 1 saturated heterocycles. The number of benzene rings is 1. The van der Waals surface area contributed by atoms with Gasteiger partial charge in [-0.1, -0.05) is 6.07 Å². The van der Waals surface area contributed by atoms with Crippen molar-refractivity contribution in [3.05, 3.63) is 52.6 Å². The van der Waals surface area contributed by atoms with Gasteiger partial charge in [0.2, 0.25) is 0 Å². The molecular formula is C25H31F3N6. The molecule has 0 aliphatic carbocycles. The van der Waals surface area contributed by atoms with Crippen molar-refractivity contribution < 1.29 is 13.2 Å². The molecular weight excluding hydrogens is 441 g/mol. The highest BCUT2D eigenvalue weighted by Crippen LogP contribution is 2.28. The first-order valence-electron chi connectivity index (χ1n) is 11.9. The fourth-order valence-electron chi connectivity index (χ4n) is 5.28. The number of alkyl halides is 3. The topological polar surface area (TPSA) is 60.1 Å². The van der Waals surface area contributed by atoms with Crippen LogP contribution in [0.3, 0.4) is 0 Å². The van der Waals surface area contributed by atoms with E-state index < -0.39 is 12.7 Å². The summed E-state index contributed by atoms with van der Waals surface area (Å²) in [5, 5.41) is 4.82. The molecule has 9 heteroatoms. The van der Waals surface area contributed by atoms with E-state index in [-0.39, 0.29) is 12.6 Å². The van der Waals surface area contributed by atoms with Crippen molar-refractivity contribution in [1.82, 2.24) is 24.8 Å². The highest BCUT2D eigenvalue weighted by atomic mass is 19.4. The number of aromatic amines is 1. The van der Waals surface area contributed by atoms with Crippen LogP contribution in [0.15, 0.2) is 24.5 Å². The number of anilines is 1. The predicted molar refractivity (Wildman–Crippen MR) is 127 cm³/mol. The van der Waals surface area contributed by atoms with Crippen LogP contribution < -0.4 is 5.32 Å². The van der Waals surface area contributed by atoms with Crippen molar-refractivity contribution in [2.45, 2.75) is 58.4 Å². The Balaban J connectivity index is 1.20. The zero-order chi connectivity index (χ0) is 23.9. The molecule has 0 unspecified atom stereocenters. The molecule has 1 aromatic carbocycles. The van der Waals surface area contributed by atoms with Gasteiger partial charge in [-0.25, -0.2) is 9.97 Å². The summed E-state index contributed by atoms with van der Waals surface area (Å²) in [6, 6.07) is 6.85. The van der Waals surface area contributed by atoms with Crippen molar-refractivity contribution in [3.63, 3.8) is 0 Å². The van der Waals surface area contributed by atoms with Crippen molar-refractivity contribution >= 4 is 16.7 Å². The third-order valence-corrected chi connectivity index (χ3v) is 7.13. The summed E-state index contributed by atoms with van der Waals surface area (Å²) < 4.78 is 38.7. The van der Waals surface area contributed by atoms with Crippen molar-refractivity contribution in [1.29, 1.82) is 0 Å². The number of piperidine rings is 1. The fourth-order valence-corrected chi connectivity index (χ4v) is 5.28. The number of likely N-dealkylation sites (tertiary alicyclic amines) is 1. The summed E-state index contributed by atoms with van der Waals surface area (Å²) in [5.74, 6) is 0.694. The van der Waals surface area contributed by atoms with Gasteiger partial charge in [-0.2, -0.15) is 13.2 Å². The first-order valence-corrected chi connectivity index (χ1v) is 11.9. The van der Waals surface area contributed by atoms with Crippen LogP contribution in [-0.2, 0) is 19.5 Å². The van der Waals surface area contributed by atoms with E-state index in [1.54, 1.807) is 0 Å². The number of nitrogens with one attached hydrogen (secondary N) is 2. The van der Waals surface area contributed by atoms with Crippen LogP contribution in [0, 0.1) is 13.8 Å². The Labute approximate surface area is 197 Å². The number of aromatic nitrogens is 3. The lowest BCUT2D eigenvalue weighted by molar-refractivity contribution is -0.147. The third kappa shape index (κ3) is 5.05. The number of rotatable bonds is 5. The molecule has 2 aliphatic rings. The predicted octanol–water partition coefficient (Wildman–Crippen LogP) is 4.57. The second-order valence-electron chi connectivity index (χ2n) is 9.68. The molecule has 0 amide bonds. The minimum absolute atomic E-state index is 0.233. The molecule has 2 aromatic heterocycles. The first-order chi connectivity index (χ1) is 16.2. The van der Waals surface area contributed by atoms with Gasteiger partial charge in [0.1, 0.15) is 12.1 Å². The number of halogens is 3. The van der Waals surface area contributed by atoms with Crippen molar-refractivity contribution in [2.75, 3.05) is 31.5 Å². The van der Waals surface area contributed by atoms with Gasteiger partial charge in [-0.15, -0.1) is 0 Å². The minimum atomic E-state index is -4.20. The molecule has 0 saturated carbocycles. The SMILES string of the molecule is Cc1cc2c(C)c(CN3CCC(Nc4ncnc5c4CN(CC(F)(F)F)CC5)CC3)ccc2[nH]1. The standard InChI is InChI=1S/C25H31F3N6/c1-16-11-20-17(2)18(3-4-23(20)31-16)12-33-8-5-19(6-9-33)32-24-21-13-34(14-25(26,27)28)10-7-22(21)29-15-30-24/h3-4,11,15,19,31H,5-10,12-14H2,1-2H3,(H,29,30,32). The number of H-pyrrole nitrogens is 1. The van der Waals surface area contributed by atoms with E-state index in [2.05, 4.69) is 57.2 Å². The number of fused-ring (bicyclic) bond motifs is 2. The van der Waals surface area contributed by atoms with Gasteiger partial charge in [0.25, 0.3) is 0 Å². The lowest BCUT2D eigenvalue weighted by Crippen LogP contribution is -2.40. The number of hydrogen-bond donors (Lipinski definition) is 2. The fraction of sp³-hybridized carbons (Fsp3) is 0.520. The normalized spacial score (nSPS) is 18.4. The molecule has 1 fully saturated rings. The van der Waals surface area contributed by atoms with Gasteiger partial charge in [-0.05, 0) is 49.9 Å². The molecule has 0 atom stereocenters. The number of aryl methyl sites for hydroxylation is 2. The van der Waals surface area contributed by atoms with E-state index in [4.69, 9.17) is 0 Å². The Morgan fingerprint density at radius 2 is 1.88 bits per heavy atom. The number of hydrogen-bond acceptors (Lipinski definition) is 5. The zero-order valence-corrected chi connectivity index (χ0v) is 19.7. The zero-order valence-electron chi connectivity index (χ0n) is 19.7. The molecule has 5 rings (SSSR count). The quantitative estimate of drug-likeness (QED) is 0.570. The summed E-state index contributed by atoms with van der Waals surface area (Å²) in [4.78, 5) is 16.0. The summed E-state index contributed by atoms with van der Waals surface area (Å²) in [5.41, 5.74) is 6.72. The largest absolute Gasteiger partial charge is 0.401 e. The Bertz CT molecular complexity index is 1160. The van der Waals surface area contributed by atoms with Crippen LogP contribution in [0.1, 0.15) is 40.9 Å². The molecule has 3 aromatic rings. The highest BCUT2D eigenvalue weighted by Gasteiger charge is 2.33. The molecule has 2 N–H and O–H groups in total. The summed E-state index contributed by atoms with van der Waals surface area (Å²) in [6.07, 6.45) is -0.218. The van der Waals surface area contributed by atoms with E-state index >= 15 is 0 Å². The summed E-state index contributed by atoms with van der Waals surface area (Å²) in [6.45, 7) is 6.84. The summed E-state index contributed by atoms with van der Waals surface area (Å²) in [7, 11) is 0. The average Bonchev–Trinajstić information content (AvgIpc) is 3.17. The molecule has 0 spiro atoms. The van der Waals surface area contributed by atoms with Gasteiger partial charge >= 0.3 is 6.18 Å². The molecule has 2 aliphatic heterocycles. The van der Waals surface area contributed by atoms with Crippen LogP contribution in [0.5, 0.6) is 0 Å². The van der Waals surface area contributed by atoms with E-state index in [1.165, 1.54) is 39.0 Å². The van der Waals surface area contributed by atoms with Gasteiger partial charge < -0.3 is 10.3 Å². The molecule has 34 heavy (non-hydrogen) atoms. The third-order valence-electron chi connectivity index (χ3n) is 7.13. The van der Waals surface area contributed by atoms with Crippen LogP contribution in [0.25, 0.3) is 10.9 Å². The monoisotopic (exact) mass is 472 g/mol. The number of nitrogens with zero attached hydrogens (tertiary/aromatic N) is 4. The van der Waals surface area contributed by atoms with Gasteiger partial charge in [0, 0.05) is 67.3 Å². The lowest BCUT2D eigenvalue weighted by Gasteiger charge is -2.34. The highest BCUT2D eigenvalue weighted by molar-refractivity contribution is 5.84. The maximum atomic E-state index is 12.9. The molecule has 0 bridgehead atoms. The molecule has 0 radical (unpaired) electrons. The smallest absolute Gasteiger partial charge is 0.367 e. The van der Waals surface area contributed by atoms with Crippen LogP contribution in [0.4, 0.5) is 19.0 Å². The Hall–Kier alpha value is -2.65.